The van der Waals surface area contributed by atoms with Gasteiger partial charge in [0.25, 0.3) is 0 Å². The number of rotatable bonds is 6. The Labute approximate surface area is 306 Å². The zero-order chi connectivity index (χ0) is 35.1. The standard InChI is InChI=1S/C49H31N3O/c1-4-16-33(17-5-1)42-31-43(52-49(51-42)37-20-8-3-9-21-37)34-27-29-36(30-28-34)47-44(39-25-14-22-32-15-10-11-23-38(32)39)45-46(35-18-6-2-7-19-35)50-41-26-13-12-24-40(41)48(45)53-47/h1-31H. The molecule has 0 aliphatic carbocycles. The highest BCUT2D eigenvalue weighted by atomic mass is 16.3. The zero-order valence-corrected chi connectivity index (χ0v) is 28.6. The fourth-order valence-corrected chi connectivity index (χ4v) is 7.36. The van der Waals surface area contributed by atoms with Gasteiger partial charge in [0.2, 0.25) is 0 Å². The second-order valence-corrected chi connectivity index (χ2v) is 13.2. The van der Waals surface area contributed by atoms with E-state index in [4.69, 9.17) is 19.4 Å². The third-order valence-corrected chi connectivity index (χ3v) is 9.90. The molecule has 0 aliphatic heterocycles. The molecule has 0 radical (unpaired) electrons. The molecule has 0 N–H and O–H groups in total. The van der Waals surface area contributed by atoms with Crippen LogP contribution in [0.4, 0.5) is 0 Å². The molecule has 10 rings (SSSR count). The molecule has 0 spiro atoms. The van der Waals surface area contributed by atoms with Crippen molar-refractivity contribution in [2.45, 2.75) is 0 Å². The van der Waals surface area contributed by atoms with Gasteiger partial charge in [-0.25, -0.2) is 15.0 Å². The van der Waals surface area contributed by atoms with Crippen LogP contribution in [-0.2, 0) is 0 Å². The minimum absolute atomic E-state index is 0.689. The molecule has 10 aromatic rings. The van der Waals surface area contributed by atoms with Crippen molar-refractivity contribution >= 4 is 32.6 Å². The summed E-state index contributed by atoms with van der Waals surface area (Å²) in [5.74, 6) is 1.49. The van der Waals surface area contributed by atoms with Gasteiger partial charge in [0.15, 0.2) is 5.82 Å². The Morgan fingerprint density at radius 2 is 0.943 bits per heavy atom. The van der Waals surface area contributed by atoms with Crippen LogP contribution < -0.4 is 0 Å². The number of benzene rings is 7. The fraction of sp³-hybridized carbons (Fsp3) is 0. The number of hydrogen-bond donors (Lipinski definition) is 0. The number of pyridine rings is 1. The highest BCUT2D eigenvalue weighted by Crippen LogP contribution is 2.48. The van der Waals surface area contributed by atoms with Crippen LogP contribution >= 0.6 is 0 Å². The summed E-state index contributed by atoms with van der Waals surface area (Å²) < 4.78 is 7.10. The molecule has 0 saturated heterocycles. The number of furan rings is 1. The molecule has 0 atom stereocenters. The summed E-state index contributed by atoms with van der Waals surface area (Å²) in [6.07, 6.45) is 0. The van der Waals surface area contributed by atoms with Gasteiger partial charge in [-0.2, -0.15) is 0 Å². The Hall–Kier alpha value is -7.17. The number of nitrogens with zero attached hydrogens (tertiary/aromatic N) is 3. The van der Waals surface area contributed by atoms with Crippen LogP contribution in [0.1, 0.15) is 0 Å². The van der Waals surface area contributed by atoms with Crippen molar-refractivity contribution in [3.05, 3.63) is 188 Å². The van der Waals surface area contributed by atoms with Gasteiger partial charge in [0.1, 0.15) is 11.3 Å². The predicted octanol–water partition coefficient (Wildman–Crippen LogP) is 12.9. The number of aromatic nitrogens is 3. The topological polar surface area (TPSA) is 51.8 Å². The van der Waals surface area contributed by atoms with Crippen molar-refractivity contribution < 1.29 is 4.42 Å². The quantitative estimate of drug-likeness (QED) is 0.176. The van der Waals surface area contributed by atoms with Gasteiger partial charge in [-0.3, -0.25) is 0 Å². The number of para-hydroxylation sites is 1. The van der Waals surface area contributed by atoms with Gasteiger partial charge in [-0.15, -0.1) is 0 Å². The summed E-state index contributed by atoms with van der Waals surface area (Å²) in [5, 5.41) is 4.31. The van der Waals surface area contributed by atoms with Crippen molar-refractivity contribution in [3.63, 3.8) is 0 Å². The van der Waals surface area contributed by atoms with Crippen LogP contribution in [0.5, 0.6) is 0 Å². The Morgan fingerprint density at radius 1 is 0.396 bits per heavy atom. The van der Waals surface area contributed by atoms with E-state index in [9.17, 15) is 0 Å². The Morgan fingerprint density at radius 3 is 1.66 bits per heavy atom. The average Bonchev–Trinajstić information content (AvgIpc) is 3.65. The summed E-state index contributed by atoms with van der Waals surface area (Å²) >= 11 is 0. The van der Waals surface area contributed by atoms with Crippen molar-refractivity contribution in [3.8, 4) is 67.6 Å². The molecule has 3 heterocycles. The van der Waals surface area contributed by atoms with Crippen molar-refractivity contribution in [2.75, 3.05) is 0 Å². The second kappa shape index (κ2) is 12.9. The lowest BCUT2D eigenvalue weighted by Gasteiger charge is -2.12. The highest BCUT2D eigenvalue weighted by Gasteiger charge is 2.25. The second-order valence-electron chi connectivity index (χ2n) is 13.2. The van der Waals surface area contributed by atoms with E-state index >= 15 is 0 Å². The lowest BCUT2D eigenvalue weighted by atomic mass is 9.91. The van der Waals surface area contributed by atoms with Crippen LogP contribution in [0.2, 0.25) is 0 Å². The molecule has 0 aliphatic rings. The lowest BCUT2D eigenvalue weighted by molar-refractivity contribution is 0.636. The largest absolute Gasteiger partial charge is 0.455 e. The molecule has 0 saturated carbocycles. The van der Waals surface area contributed by atoms with E-state index in [1.165, 1.54) is 5.39 Å². The third kappa shape index (κ3) is 5.45. The molecule has 7 aromatic carbocycles. The van der Waals surface area contributed by atoms with Gasteiger partial charge in [-0.1, -0.05) is 170 Å². The molecule has 248 valence electrons. The Balaban J connectivity index is 1.21. The molecule has 4 heteroatoms. The maximum absolute atomic E-state index is 7.10. The molecule has 53 heavy (non-hydrogen) atoms. The van der Waals surface area contributed by atoms with Crippen molar-refractivity contribution in [1.82, 2.24) is 15.0 Å². The monoisotopic (exact) mass is 677 g/mol. The zero-order valence-electron chi connectivity index (χ0n) is 28.6. The summed E-state index contributed by atoms with van der Waals surface area (Å²) in [5.41, 5.74) is 11.5. The van der Waals surface area contributed by atoms with Crippen LogP contribution in [0.25, 0.3) is 100 Å². The van der Waals surface area contributed by atoms with Crippen LogP contribution in [-0.4, -0.2) is 15.0 Å². The molecular weight excluding hydrogens is 647 g/mol. The Kier molecular flexibility index (Phi) is 7.43. The third-order valence-electron chi connectivity index (χ3n) is 9.90. The first-order valence-corrected chi connectivity index (χ1v) is 17.8. The summed E-state index contributed by atoms with van der Waals surface area (Å²) in [6, 6.07) is 64.8. The number of hydrogen-bond acceptors (Lipinski definition) is 4. The average molecular weight is 678 g/mol. The van der Waals surface area contributed by atoms with Crippen LogP contribution in [0, 0.1) is 0 Å². The first kappa shape index (κ1) is 30.6. The van der Waals surface area contributed by atoms with E-state index in [1.807, 2.05) is 48.5 Å². The van der Waals surface area contributed by atoms with Gasteiger partial charge < -0.3 is 4.42 Å². The first-order chi connectivity index (χ1) is 26.3. The minimum atomic E-state index is 0.689. The molecule has 0 bridgehead atoms. The first-order valence-electron chi connectivity index (χ1n) is 17.8. The van der Waals surface area contributed by atoms with Crippen molar-refractivity contribution in [2.24, 2.45) is 0 Å². The van der Waals surface area contributed by atoms with E-state index < -0.39 is 0 Å². The van der Waals surface area contributed by atoms with Gasteiger partial charge in [-0.05, 0) is 34.5 Å². The minimum Gasteiger partial charge on any atom is -0.455 e. The number of fused-ring (bicyclic) bond motifs is 4. The smallest absolute Gasteiger partial charge is 0.160 e. The van der Waals surface area contributed by atoms with Gasteiger partial charge in [0, 0.05) is 38.8 Å². The summed E-state index contributed by atoms with van der Waals surface area (Å²) in [6.45, 7) is 0. The molecule has 0 amide bonds. The highest BCUT2D eigenvalue weighted by molar-refractivity contribution is 6.19. The molecular formula is C49H31N3O. The van der Waals surface area contributed by atoms with E-state index in [0.717, 1.165) is 89.0 Å². The van der Waals surface area contributed by atoms with E-state index in [2.05, 4.69) is 140 Å². The van der Waals surface area contributed by atoms with E-state index in [0.29, 0.717) is 5.82 Å². The van der Waals surface area contributed by atoms with Gasteiger partial charge in [0.05, 0.1) is 28.0 Å². The van der Waals surface area contributed by atoms with Crippen LogP contribution in [0.15, 0.2) is 192 Å². The maximum Gasteiger partial charge on any atom is 0.160 e. The van der Waals surface area contributed by atoms with E-state index in [-0.39, 0.29) is 0 Å². The lowest BCUT2D eigenvalue weighted by Crippen LogP contribution is -1.95. The maximum atomic E-state index is 7.10. The fourth-order valence-electron chi connectivity index (χ4n) is 7.36. The van der Waals surface area contributed by atoms with Gasteiger partial charge >= 0.3 is 0 Å². The van der Waals surface area contributed by atoms with E-state index in [1.54, 1.807) is 0 Å². The molecule has 4 nitrogen and oxygen atoms in total. The molecule has 0 unspecified atom stereocenters. The Bertz CT molecular complexity index is 2850. The predicted molar refractivity (Wildman–Crippen MR) is 217 cm³/mol. The van der Waals surface area contributed by atoms with Crippen molar-refractivity contribution in [1.29, 1.82) is 0 Å². The van der Waals surface area contributed by atoms with Crippen LogP contribution in [0.3, 0.4) is 0 Å². The summed E-state index contributed by atoms with van der Waals surface area (Å²) in [4.78, 5) is 15.4. The normalized spacial score (nSPS) is 11.4. The summed E-state index contributed by atoms with van der Waals surface area (Å²) in [7, 11) is 0. The molecule has 0 fully saturated rings. The molecule has 3 aromatic heterocycles. The SMILES string of the molecule is c1ccc(-c2cc(-c3ccc(-c4oc5c(c(-c6ccccc6)nc6ccccc65)c4-c4cccc5ccccc45)cc3)nc(-c3ccccc3)n2)cc1.